The summed E-state index contributed by atoms with van der Waals surface area (Å²) in [5.74, 6) is -5.09. The molecule has 6 nitrogen and oxygen atoms in total. The summed E-state index contributed by atoms with van der Waals surface area (Å²) in [6.07, 6.45) is -2.80. The summed E-state index contributed by atoms with van der Waals surface area (Å²) in [5, 5.41) is 5.06. The first-order valence-corrected chi connectivity index (χ1v) is 12.7. The van der Waals surface area contributed by atoms with Crippen molar-refractivity contribution in [1.29, 1.82) is 0 Å². The van der Waals surface area contributed by atoms with E-state index in [0.29, 0.717) is 12.5 Å². The molecular weight excluding hydrogens is 498 g/mol. The third-order valence-corrected chi connectivity index (χ3v) is 7.96. The molecule has 2 aromatic carbocycles. The van der Waals surface area contributed by atoms with Crippen LogP contribution in [-0.4, -0.2) is 32.0 Å². The molecule has 2 heterocycles. The Balaban J connectivity index is 1.51. The molecule has 1 aromatic heterocycles. The topological polar surface area (TPSA) is 93.4 Å². The van der Waals surface area contributed by atoms with E-state index in [1.54, 1.807) is 12.3 Å². The first-order chi connectivity index (χ1) is 16.9. The number of carbonyl (C=O) groups is 1. The quantitative estimate of drug-likeness (QED) is 0.516. The minimum Gasteiger partial charge on any atom is -0.311 e. The van der Waals surface area contributed by atoms with E-state index in [1.165, 1.54) is 0 Å². The van der Waals surface area contributed by atoms with Gasteiger partial charge in [-0.2, -0.15) is 13.2 Å². The molecule has 2 N–H and O–H groups in total. The molecule has 3 atom stereocenters. The van der Waals surface area contributed by atoms with Crippen LogP contribution in [0.5, 0.6) is 0 Å². The summed E-state index contributed by atoms with van der Waals surface area (Å²) >= 11 is 0. The lowest BCUT2D eigenvalue weighted by atomic mass is 9.93. The molecule has 1 amide bonds. The zero-order chi connectivity index (χ0) is 26.0. The van der Waals surface area contributed by atoms with Crippen LogP contribution in [0.2, 0.25) is 0 Å². The van der Waals surface area contributed by atoms with Gasteiger partial charge in [0.25, 0.3) is 0 Å². The number of benzene rings is 2. The lowest BCUT2D eigenvalue weighted by Crippen LogP contribution is -2.38. The predicted octanol–water partition coefficient (Wildman–Crippen LogP) is 4.50. The van der Waals surface area contributed by atoms with Crippen LogP contribution >= 0.6 is 0 Å². The van der Waals surface area contributed by atoms with E-state index in [-0.39, 0.29) is 11.6 Å². The molecule has 5 rings (SSSR count). The maximum atomic E-state index is 14.4. The highest BCUT2D eigenvalue weighted by Crippen LogP contribution is 2.49. The fraction of sp³-hybridized carbons (Fsp3) is 0.280. The van der Waals surface area contributed by atoms with E-state index >= 15 is 0 Å². The number of fused-ring (bicyclic) bond motifs is 2. The van der Waals surface area contributed by atoms with Gasteiger partial charge in [-0.25, -0.2) is 17.9 Å². The number of amides is 1. The van der Waals surface area contributed by atoms with Crippen LogP contribution in [0.1, 0.15) is 35.4 Å². The van der Waals surface area contributed by atoms with Gasteiger partial charge in [0.1, 0.15) is 10.7 Å². The SMILES string of the molecule is C[C@H]1c2ccc(-c3ccccn3)cc2C[C@@H]1C(=O)N1C[C@@H](C(F)(F)F)c2cc(F)c(S(N)(=O)=O)cc21. The van der Waals surface area contributed by atoms with Crippen LogP contribution < -0.4 is 10.0 Å². The number of sulfonamides is 1. The average molecular weight is 520 g/mol. The van der Waals surface area contributed by atoms with Crippen molar-refractivity contribution in [2.45, 2.75) is 36.3 Å². The second-order valence-corrected chi connectivity index (χ2v) is 10.7. The number of anilines is 1. The van der Waals surface area contributed by atoms with Crippen LogP contribution in [-0.2, 0) is 21.2 Å². The predicted molar refractivity (Wildman–Crippen MR) is 124 cm³/mol. The molecule has 188 valence electrons. The first-order valence-electron chi connectivity index (χ1n) is 11.1. The number of rotatable bonds is 3. The molecule has 0 saturated carbocycles. The third kappa shape index (κ3) is 4.05. The van der Waals surface area contributed by atoms with Gasteiger partial charge in [-0.3, -0.25) is 9.78 Å². The number of hydrogen-bond donors (Lipinski definition) is 1. The van der Waals surface area contributed by atoms with Crippen LogP contribution in [0, 0.1) is 11.7 Å². The number of primary sulfonamides is 1. The van der Waals surface area contributed by atoms with Crippen molar-refractivity contribution < 1.29 is 30.8 Å². The minimum atomic E-state index is -4.76. The van der Waals surface area contributed by atoms with E-state index in [4.69, 9.17) is 5.14 Å². The number of aromatic nitrogens is 1. The monoisotopic (exact) mass is 519 g/mol. The second-order valence-electron chi connectivity index (χ2n) is 9.16. The van der Waals surface area contributed by atoms with Gasteiger partial charge in [0.15, 0.2) is 0 Å². The maximum absolute atomic E-state index is 14.4. The number of carbonyl (C=O) groups excluding carboxylic acids is 1. The van der Waals surface area contributed by atoms with Gasteiger partial charge in [0.05, 0.1) is 11.6 Å². The third-order valence-electron chi connectivity index (χ3n) is 7.03. The fourth-order valence-corrected chi connectivity index (χ4v) is 5.81. The van der Waals surface area contributed by atoms with E-state index in [0.717, 1.165) is 33.4 Å². The zero-order valence-corrected chi connectivity index (χ0v) is 19.8. The van der Waals surface area contributed by atoms with Gasteiger partial charge in [-0.1, -0.05) is 25.1 Å². The van der Waals surface area contributed by atoms with Crippen molar-refractivity contribution in [2.75, 3.05) is 11.4 Å². The minimum absolute atomic E-state index is 0.287. The Morgan fingerprint density at radius 3 is 2.50 bits per heavy atom. The molecule has 3 aromatic rings. The average Bonchev–Trinajstić information content (AvgIpc) is 3.35. The summed E-state index contributed by atoms with van der Waals surface area (Å²) in [6, 6.07) is 12.4. The second kappa shape index (κ2) is 8.38. The molecule has 1 aliphatic carbocycles. The molecule has 0 spiro atoms. The summed E-state index contributed by atoms with van der Waals surface area (Å²) < 4.78 is 79.5. The molecule has 11 heteroatoms. The molecule has 0 bridgehead atoms. The number of nitrogens with two attached hydrogens (primary N) is 1. The Morgan fingerprint density at radius 1 is 1.11 bits per heavy atom. The van der Waals surface area contributed by atoms with E-state index in [1.807, 2.05) is 37.3 Å². The maximum Gasteiger partial charge on any atom is 0.397 e. The van der Waals surface area contributed by atoms with Crippen molar-refractivity contribution in [1.82, 2.24) is 4.98 Å². The molecule has 0 unspecified atom stereocenters. The van der Waals surface area contributed by atoms with Crippen LogP contribution in [0.15, 0.2) is 59.6 Å². The summed E-state index contributed by atoms with van der Waals surface area (Å²) in [5.41, 5.74) is 2.63. The zero-order valence-electron chi connectivity index (χ0n) is 19.0. The van der Waals surface area contributed by atoms with Gasteiger partial charge in [0, 0.05) is 29.9 Å². The lowest BCUT2D eigenvalue weighted by Gasteiger charge is -2.25. The summed E-state index contributed by atoms with van der Waals surface area (Å²) in [7, 11) is -4.56. The molecule has 0 fully saturated rings. The molecule has 1 aliphatic heterocycles. The Bertz CT molecular complexity index is 1480. The Morgan fingerprint density at radius 2 is 1.86 bits per heavy atom. The highest BCUT2D eigenvalue weighted by molar-refractivity contribution is 7.89. The lowest BCUT2D eigenvalue weighted by molar-refractivity contribution is -0.147. The van der Waals surface area contributed by atoms with E-state index in [9.17, 15) is 30.8 Å². The number of pyridine rings is 1. The van der Waals surface area contributed by atoms with Crippen LogP contribution in [0.3, 0.4) is 0 Å². The van der Waals surface area contributed by atoms with Gasteiger partial charge in [-0.05, 0) is 59.4 Å². The van der Waals surface area contributed by atoms with Crippen molar-refractivity contribution in [2.24, 2.45) is 11.1 Å². The van der Waals surface area contributed by atoms with Crippen LogP contribution in [0.25, 0.3) is 11.3 Å². The number of halogens is 4. The van der Waals surface area contributed by atoms with Gasteiger partial charge in [-0.15, -0.1) is 0 Å². The molecule has 0 radical (unpaired) electrons. The summed E-state index contributed by atoms with van der Waals surface area (Å²) in [6.45, 7) is 1.07. The normalized spacial score (nSPS) is 21.4. The standard InChI is InChI=1S/C25H21F4N3O3S/c1-13-16-6-5-14(21-4-2-3-7-31-21)8-15(16)9-17(13)24(33)32-12-19(25(27,28)29)18-10-20(26)23(11-22(18)32)36(30,34)35/h2-8,10-11,13,17,19H,9,12H2,1H3,(H2,30,34,35)/t13-,17-,19+/m0/s1. The highest BCUT2D eigenvalue weighted by Gasteiger charge is 2.50. The number of hydrogen-bond acceptors (Lipinski definition) is 4. The van der Waals surface area contributed by atoms with Crippen molar-refractivity contribution in [3.05, 3.63) is 77.2 Å². The molecule has 36 heavy (non-hydrogen) atoms. The molecular formula is C25H21F4N3O3S. The first kappa shape index (κ1) is 24.4. The van der Waals surface area contributed by atoms with Gasteiger partial charge < -0.3 is 4.90 Å². The Labute approximate surface area is 204 Å². The molecule has 2 aliphatic rings. The largest absolute Gasteiger partial charge is 0.397 e. The smallest absolute Gasteiger partial charge is 0.311 e. The number of nitrogens with zero attached hydrogens (tertiary/aromatic N) is 2. The van der Waals surface area contributed by atoms with Crippen molar-refractivity contribution in [3.63, 3.8) is 0 Å². The Hall–Kier alpha value is -3.31. The molecule has 0 saturated heterocycles. The van der Waals surface area contributed by atoms with Gasteiger partial charge in [0.2, 0.25) is 15.9 Å². The summed E-state index contributed by atoms with van der Waals surface area (Å²) in [4.78, 5) is 17.9. The highest BCUT2D eigenvalue weighted by atomic mass is 32.2. The Kier molecular flexibility index (Phi) is 5.68. The van der Waals surface area contributed by atoms with E-state index in [2.05, 4.69) is 4.98 Å². The van der Waals surface area contributed by atoms with Crippen molar-refractivity contribution in [3.8, 4) is 11.3 Å². The van der Waals surface area contributed by atoms with Crippen LogP contribution in [0.4, 0.5) is 23.2 Å². The fourth-order valence-electron chi connectivity index (χ4n) is 5.21. The van der Waals surface area contributed by atoms with Crippen molar-refractivity contribution >= 4 is 21.6 Å². The van der Waals surface area contributed by atoms with Gasteiger partial charge >= 0.3 is 6.18 Å². The number of alkyl halides is 3. The van der Waals surface area contributed by atoms with E-state index < -0.39 is 56.8 Å².